The Morgan fingerprint density at radius 3 is 2.56 bits per heavy atom. The van der Waals surface area contributed by atoms with E-state index >= 15 is 0 Å². The van der Waals surface area contributed by atoms with Gasteiger partial charge in [0.1, 0.15) is 0 Å². The molecular formula is C13H21NO2. The second kappa shape index (κ2) is 5.75. The Morgan fingerprint density at radius 1 is 1.25 bits per heavy atom. The van der Waals surface area contributed by atoms with Gasteiger partial charge in [-0.3, -0.25) is 0 Å². The van der Waals surface area contributed by atoms with Gasteiger partial charge in [-0.15, -0.1) is 0 Å². The van der Waals surface area contributed by atoms with Crippen molar-refractivity contribution < 1.29 is 10.2 Å². The van der Waals surface area contributed by atoms with E-state index in [0.717, 1.165) is 12.0 Å². The summed E-state index contributed by atoms with van der Waals surface area (Å²) < 4.78 is 0. The molecule has 1 rings (SSSR count). The van der Waals surface area contributed by atoms with Crippen LogP contribution in [-0.2, 0) is 6.54 Å². The topological polar surface area (TPSA) is 52.5 Å². The number of phenolic OH excluding ortho intramolecular Hbond substituents is 2. The number of benzene rings is 1. The molecule has 3 nitrogen and oxygen atoms in total. The summed E-state index contributed by atoms with van der Waals surface area (Å²) in [7, 11) is 0. The summed E-state index contributed by atoms with van der Waals surface area (Å²) in [5.41, 5.74) is 0.732. The molecule has 2 atom stereocenters. The fourth-order valence-corrected chi connectivity index (χ4v) is 1.55. The van der Waals surface area contributed by atoms with Crippen molar-refractivity contribution in [2.75, 3.05) is 0 Å². The molecule has 16 heavy (non-hydrogen) atoms. The van der Waals surface area contributed by atoms with Crippen molar-refractivity contribution in [3.63, 3.8) is 0 Å². The lowest BCUT2D eigenvalue weighted by Gasteiger charge is -2.20. The van der Waals surface area contributed by atoms with E-state index in [1.54, 1.807) is 6.07 Å². The van der Waals surface area contributed by atoms with E-state index < -0.39 is 0 Å². The van der Waals surface area contributed by atoms with Gasteiger partial charge < -0.3 is 15.5 Å². The molecule has 0 aromatic heterocycles. The third kappa shape index (κ3) is 3.14. The molecule has 1 aromatic carbocycles. The fraction of sp³-hybridized carbons (Fsp3) is 0.538. The van der Waals surface area contributed by atoms with E-state index in [-0.39, 0.29) is 11.5 Å². The smallest absolute Gasteiger partial charge is 0.161 e. The van der Waals surface area contributed by atoms with Crippen LogP contribution in [0.25, 0.3) is 0 Å². The molecule has 0 saturated heterocycles. The zero-order chi connectivity index (χ0) is 12.1. The third-order valence-electron chi connectivity index (χ3n) is 3.21. The van der Waals surface area contributed by atoms with Crippen molar-refractivity contribution in [2.24, 2.45) is 5.92 Å². The van der Waals surface area contributed by atoms with Crippen molar-refractivity contribution >= 4 is 0 Å². The van der Waals surface area contributed by atoms with Crippen LogP contribution in [0.1, 0.15) is 32.8 Å². The lowest BCUT2D eigenvalue weighted by atomic mass is 10.0. The summed E-state index contributed by atoms with van der Waals surface area (Å²) in [6.07, 6.45) is 1.13. The highest BCUT2D eigenvalue weighted by atomic mass is 16.3. The van der Waals surface area contributed by atoms with Gasteiger partial charge in [-0.1, -0.05) is 32.4 Å². The number of nitrogens with one attached hydrogen (secondary N) is 1. The second-order valence-electron chi connectivity index (χ2n) is 4.34. The van der Waals surface area contributed by atoms with Crippen LogP contribution < -0.4 is 5.32 Å². The molecule has 0 spiro atoms. The van der Waals surface area contributed by atoms with Gasteiger partial charge in [-0.25, -0.2) is 0 Å². The van der Waals surface area contributed by atoms with Crippen LogP contribution in [0, 0.1) is 5.92 Å². The summed E-state index contributed by atoms with van der Waals surface area (Å²) in [5, 5.41) is 22.3. The summed E-state index contributed by atoms with van der Waals surface area (Å²) in [6.45, 7) is 7.06. The molecule has 0 fully saturated rings. The van der Waals surface area contributed by atoms with E-state index in [1.807, 2.05) is 6.07 Å². The summed E-state index contributed by atoms with van der Waals surface area (Å²) in [5.74, 6) is 0.515. The van der Waals surface area contributed by atoms with E-state index in [4.69, 9.17) is 0 Å². The Morgan fingerprint density at radius 2 is 1.94 bits per heavy atom. The van der Waals surface area contributed by atoms with Crippen LogP contribution in [0.5, 0.6) is 11.5 Å². The first-order chi connectivity index (χ1) is 7.56. The number of para-hydroxylation sites is 1. The highest BCUT2D eigenvalue weighted by molar-refractivity contribution is 5.44. The Bertz CT molecular complexity index is 339. The van der Waals surface area contributed by atoms with Crippen LogP contribution in [0.15, 0.2) is 18.2 Å². The molecule has 0 amide bonds. The first-order valence-corrected chi connectivity index (χ1v) is 5.79. The number of hydrogen-bond acceptors (Lipinski definition) is 3. The van der Waals surface area contributed by atoms with E-state index in [2.05, 4.69) is 26.1 Å². The number of aromatic hydroxyl groups is 2. The molecule has 3 N–H and O–H groups in total. The normalized spacial score (nSPS) is 14.7. The molecule has 0 heterocycles. The predicted molar refractivity (Wildman–Crippen MR) is 65.5 cm³/mol. The zero-order valence-corrected chi connectivity index (χ0v) is 10.2. The van der Waals surface area contributed by atoms with Gasteiger partial charge in [-0.05, 0) is 18.9 Å². The summed E-state index contributed by atoms with van der Waals surface area (Å²) in [6, 6.07) is 5.43. The highest BCUT2D eigenvalue weighted by Crippen LogP contribution is 2.28. The van der Waals surface area contributed by atoms with E-state index in [9.17, 15) is 10.2 Å². The van der Waals surface area contributed by atoms with E-state index in [0.29, 0.717) is 18.5 Å². The van der Waals surface area contributed by atoms with Crippen molar-refractivity contribution in [2.45, 2.75) is 39.8 Å². The second-order valence-corrected chi connectivity index (χ2v) is 4.34. The van der Waals surface area contributed by atoms with Crippen LogP contribution >= 0.6 is 0 Å². The molecule has 90 valence electrons. The predicted octanol–water partition coefficient (Wildman–Crippen LogP) is 2.62. The molecule has 3 heteroatoms. The lowest BCUT2D eigenvalue weighted by Crippen LogP contribution is -2.31. The first kappa shape index (κ1) is 12.8. The molecule has 0 aliphatic rings. The SMILES string of the molecule is CCC(C)C(C)NCc1cccc(O)c1O. The van der Waals surface area contributed by atoms with Gasteiger partial charge >= 0.3 is 0 Å². The molecule has 0 bridgehead atoms. The molecule has 0 aliphatic heterocycles. The van der Waals surface area contributed by atoms with Gasteiger partial charge in [0.05, 0.1) is 0 Å². The van der Waals surface area contributed by atoms with Crippen molar-refractivity contribution in [1.82, 2.24) is 5.32 Å². The molecule has 2 unspecified atom stereocenters. The Balaban J connectivity index is 2.58. The minimum absolute atomic E-state index is 0.0219. The van der Waals surface area contributed by atoms with Gasteiger partial charge in [-0.2, -0.15) is 0 Å². The molecule has 0 radical (unpaired) electrons. The molecular weight excluding hydrogens is 202 g/mol. The first-order valence-electron chi connectivity index (χ1n) is 5.79. The van der Waals surface area contributed by atoms with Crippen LogP contribution in [0.2, 0.25) is 0 Å². The maximum Gasteiger partial charge on any atom is 0.161 e. The lowest BCUT2D eigenvalue weighted by molar-refractivity contribution is 0.375. The van der Waals surface area contributed by atoms with Crippen LogP contribution in [-0.4, -0.2) is 16.3 Å². The Labute approximate surface area is 97.1 Å². The quantitative estimate of drug-likeness (QED) is 0.673. The number of rotatable bonds is 5. The standard InChI is InChI=1S/C13H21NO2/c1-4-9(2)10(3)14-8-11-6-5-7-12(15)13(11)16/h5-7,9-10,14-16H,4,8H2,1-3H3. The third-order valence-corrected chi connectivity index (χ3v) is 3.21. The van der Waals surface area contributed by atoms with Crippen molar-refractivity contribution in [1.29, 1.82) is 0 Å². The maximum absolute atomic E-state index is 9.62. The van der Waals surface area contributed by atoms with Gasteiger partial charge in [0, 0.05) is 18.2 Å². The number of hydrogen-bond donors (Lipinski definition) is 3. The highest BCUT2D eigenvalue weighted by Gasteiger charge is 2.11. The minimum Gasteiger partial charge on any atom is -0.504 e. The van der Waals surface area contributed by atoms with Gasteiger partial charge in [0.2, 0.25) is 0 Å². The van der Waals surface area contributed by atoms with Gasteiger partial charge in [0.25, 0.3) is 0 Å². The molecule has 1 aromatic rings. The van der Waals surface area contributed by atoms with Crippen LogP contribution in [0.4, 0.5) is 0 Å². The minimum atomic E-state index is -0.0597. The Hall–Kier alpha value is -1.22. The Kier molecular flexibility index (Phi) is 4.62. The largest absolute Gasteiger partial charge is 0.504 e. The zero-order valence-electron chi connectivity index (χ0n) is 10.2. The van der Waals surface area contributed by atoms with Crippen LogP contribution in [0.3, 0.4) is 0 Å². The average Bonchev–Trinajstić information content (AvgIpc) is 2.29. The van der Waals surface area contributed by atoms with Crippen molar-refractivity contribution in [3.05, 3.63) is 23.8 Å². The van der Waals surface area contributed by atoms with Gasteiger partial charge in [0.15, 0.2) is 11.5 Å². The monoisotopic (exact) mass is 223 g/mol. The fourth-order valence-electron chi connectivity index (χ4n) is 1.55. The van der Waals surface area contributed by atoms with Crippen molar-refractivity contribution in [3.8, 4) is 11.5 Å². The summed E-state index contributed by atoms with van der Waals surface area (Å²) >= 11 is 0. The molecule has 0 aliphatic carbocycles. The summed E-state index contributed by atoms with van der Waals surface area (Å²) in [4.78, 5) is 0. The van der Waals surface area contributed by atoms with E-state index in [1.165, 1.54) is 6.07 Å². The average molecular weight is 223 g/mol. The number of phenols is 2. The maximum atomic E-state index is 9.62. The molecule has 0 saturated carbocycles.